The Labute approximate surface area is 120 Å². The van der Waals surface area contributed by atoms with E-state index in [1.807, 2.05) is 12.3 Å². The summed E-state index contributed by atoms with van der Waals surface area (Å²) < 4.78 is 0. The molecule has 1 aliphatic rings. The van der Waals surface area contributed by atoms with Gasteiger partial charge in [0.2, 0.25) is 0 Å². The van der Waals surface area contributed by atoms with Crippen molar-refractivity contribution in [3.8, 4) is 0 Å². The van der Waals surface area contributed by atoms with Crippen LogP contribution in [0.15, 0.2) is 30.6 Å². The molecule has 0 saturated heterocycles. The average Bonchev–Trinajstić information content (AvgIpc) is 2.51. The van der Waals surface area contributed by atoms with Gasteiger partial charge < -0.3 is 11.1 Å². The lowest BCUT2D eigenvalue weighted by Gasteiger charge is -2.29. The molecule has 1 unspecified atom stereocenters. The molecule has 1 saturated carbocycles. The Morgan fingerprint density at radius 2 is 2.00 bits per heavy atom. The minimum absolute atomic E-state index is 0.483. The van der Waals surface area contributed by atoms with E-state index >= 15 is 0 Å². The van der Waals surface area contributed by atoms with Crippen molar-refractivity contribution in [3.63, 3.8) is 0 Å². The number of nitrogens with zero attached hydrogens (tertiary/aromatic N) is 1. The summed E-state index contributed by atoms with van der Waals surface area (Å²) in [5.41, 5.74) is 8.20. The molecule has 0 spiro atoms. The molecule has 1 aromatic carbocycles. The van der Waals surface area contributed by atoms with Crippen LogP contribution in [0.25, 0.3) is 10.8 Å². The van der Waals surface area contributed by atoms with Crippen molar-refractivity contribution in [2.75, 3.05) is 11.1 Å². The fourth-order valence-electron chi connectivity index (χ4n) is 3.32. The number of hydrogen-bond donors (Lipinski definition) is 2. The highest BCUT2D eigenvalue weighted by molar-refractivity contribution is 5.98. The smallest absolute Gasteiger partial charge is 0.0630 e. The summed E-state index contributed by atoms with van der Waals surface area (Å²) in [5.74, 6) is 0.774. The third-order valence-electron chi connectivity index (χ3n) is 4.60. The number of fused-ring (bicyclic) bond motifs is 1. The SMILES string of the molecule is CC(Nc1ccc2cnccc2c1N)C1CCCCC1. The number of rotatable bonds is 3. The zero-order valence-corrected chi connectivity index (χ0v) is 12.1. The van der Waals surface area contributed by atoms with Gasteiger partial charge in [-0.1, -0.05) is 25.3 Å². The molecule has 1 atom stereocenters. The Kier molecular flexibility index (Phi) is 3.77. The predicted octanol–water partition coefficient (Wildman–Crippen LogP) is 4.20. The third kappa shape index (κ3) is 2.58. The number of nitrogens with one attached hydrogen (secondary N) is 1. The van der Waals surface area contributed by atoms with Crippen LogP contribution in [0.4, 0.5) is 11.4 Å². The van der Waals surface area contributed by atoms with Gasteiger partial charge >= 0.3 is 0 Å². The van der Waals surface area contributed by atoms with Gasteiger partial charge in [0.15, 0.2) is 0 Å². The molecular weight excluding hydrogens is 246 g/mol. The first-order chi connectivity index (χ1) is 9.75. The molecule has 0 aliphatic heterocycles. The van der Waals surface area contributed by atoms with E-state index in [4.69, 9.17) is 5.73 Å². The van der Waals surface area contributed by atoms with Crippen molar-refractivity contribution < 1.29 is 0 Å². The number of pyridine rings is 1. The van der Waals surface area contributed by atoms with Crippen LogP contribution in [0.3, 0.4) is 0 Å². The molecule has 1 aromatic heterocycles. The lowest BCUT2D eigenvalue weighted by Crippen LogP contribution is -2.28. The Morgan fingerprint density at radius 3 is 2.80 bits per heavy atom. The van der Waals surface area contributed by atoms with Crippen molar-refractivity contribution >= 4 is 22.1 Å². The molecule has 106 valence electrons. The topological polar surface area (TPSA) is 50.9 Å². The normalized spacial score (nSPS) is 18.1. The standard InChI is InChI=1S/C17H23N3/c1-12(13-5-3-2-4-6-13)20-16-8-7-14-11-19-10-9-15(14)17(16)18/h7-13,20H,2-6,18H2,1H3. The minimum Gasteiger partial charge on any atom is -0.397 e. The predicted molar refractivity (Wildman–Crippen MR) is 85.8 cm³/mol. The average molecular weight is 269 g/mol. The Hall–Kier alpha value is -1.77. The van der Waals surface area contributed by atoms with Crippen LogP contribution in [0.2, 0.25) is 0 Å². The lowest BCUT2D eigenvalue weighted by atomic mass is 9.84. The molecule has 1 fully saturated rings. The molecule has 2 aromatic rings. The Balaban J connectivity index is 1.81. The van der Waals surface area contributed by atoms with Crippen molar-refractivity contribution in [1.82, 2.24) is 4.98 Å². The molecule has 3 rings (SSSR count). The summed E-state index contributed by atoms with van der Waals surface area (Å²) in [6, 6.07) is 6.64. The first kappa shape index (κ1) is 13.2. The monoisotopic (exact) mass is 269 g/mol. The van der Waals surface area contributed by atoms with Crippen LogP contribution in [0.5, 0.6) is 0 Å². The number of hydrogen-bond acceptors (Lipinski definition) is 3. The van der Waals surface area contributed by atoms with E-state index in [1.54, 1.807) is 6.20 Å². The van der Waals surface area contributed by atoms with Gasteiger partial charge in [0.1, 0.15) is 0 Å². The highest BCUT2D eigenvalue weighted by Crippen LogP contribution is 2.32. The lowest BCUT2D eigenvalue weighted by molar-refractivity contribution is 0.328. The van der Waals surface area contributed by atoms with Crippen LogP contribution in [-0.4, -0.2) is 11.0 Å². The van der Waals surface area contributed by atoms with Crippen LogP contribution < -0.4 is 11.1 Å². The van der Waals surface area contributed by atoms with Crippen LogP contribution >= 0.6 is 0 Å². The second-order valence-electron chi connectivity index (χ2n) is 5.95. The van der Waals surface area contributed by atoms with Crippen LogP contribution in [0, 0.1) is 5.92 Å². The van der Waals surface area contributed by atoms with E-state index in [0.717, 1.165) is 28.1 Å². The molecule has 3 heteroatoms. The number of nitrogen functional groups attached to an aromatic ring is 1. The number of benzene rings is 1. The quantitative estimate of drug-likeness (QED) is 0.821. The molecule has 0 radical (unpaired) electrons. The van der Waals surface area contributed by atoms with E-state index in [1.165, 1.54) is 32.1 Å². The van der Waals surface area contributed by atoms with E-state index in [2.05, 4.69) is 29.4 Å². The molecule has 3 nitrogen and oxygen atoms in total. The maximum absolute atomic E-state index is 6.31. The van der Waals surface area contributed by atoms with Gasteiger partial charge in [0.25, 0.3) is 0 Å². The molecule has 1 heterocycles. The summed E-state index contributed by atoms with van der Waals surface area (Å²) >= 11 is 0. The maximum atomic E-state index is 6.31. The first-order valence-electron chi connectivity index (χ1n) is 7.64. The van der Waals surface area contributed by atoms with Crippen LogP contribution in [0.1, 0.15) is 39.0 Å². The van der Waals surface area contributed by atoms with Crippen LogP contribution in [-0.2, 0) is 0 Å². The Morgan fingerprint density at radius 1 is 1.20 bits per heavy atom. The number of nitrogens with two attached hydrogens (primary N) is 1. The van der Waals surface area contributed by atoms with Crippen molar-refractivity contribution in [2.45, 2.75) is 45.1 Å². The molecule has 1 aliphatic carbocycles. The number of anilines is 2. The zero-order valence-electron chi connectivity index (χ0n) is 12.1. The van der Waals surface area contributed by atoms with Gasteiger partial charge in [-0.2, -0.15) is 0 Å². The third-order valence-corrected chi connectivity index (χ3v) is 4.60. The molecular formula is C17H23N3. The second-order valence-corrected chi connectivity index (χ2v) is 5.95. The van der Waals surface area contributed by atoms with Crippen molar-refractivity contribution in [3.05, 3.63) is 30.6 Å². The highest BCUT2D eigenvalue weighted by atomic mass is 14.9. The summed E-state index contributed by atoms with van der Waals surface area (Å²) in [5, 5.41) is 5.81. The summed E-state index contributed by atoms with van der Waals surface area (Å²) in [7, 11) is 0. The van der Waals surface area contributed by atoms with Gasteiger partial charge in [-0.05, 0) is 37.8 Å². The maximum Gasteiger partial charge on any atom is 0.0630 e. The summed E-state index contributed by atoms with van der Waals surface area (Å²) in [6.45, 7) is 2.28. The van der Waals surface area contributed by atoms with Crippen molar-refractivity contribution in [2.24, 2.45) is 5.92 Å². The molecule has 20 heavy (non-hydrogen) atoms. The zero-order chi connectivity index (χ0) is 13.9. The van der Waals surface area contributed by atoms with Gasteiger partial charge in [0.05, 0.1) is 11.4 Å². The first-order valence-corrected chi connectivity index (χ1v) is 7.64. The van der Waals surface area contributed by atoms with E-state index < -0.39 is 0 Å². The highest BCUT2D eigenvalue weighted by Gasteiger charge is 2.20. The fourth-order valence-corrected chi connectivity index (χ4v) is 3.32. The van der Waals surface area contributed by atoms with Gasteiger partial charge in [-0.25, -0.2) is 0 Å². The van der Waals surface area contributed by atoms with Gasteiger partial charge in [0, 0.05) is 29.2 Å². The van der Waals surface area contributed by atoms with Gasteiger partial charge in [-0.15, -0.1) is 0 Å². The molecule has 3 N–H and O–H groups in total. The van der Waals surface area contributed by atoms with E-state index in [-0.39, 0.29) is 0 Å². The molecule has 0 bridgehead atoms. The summed E-state index contributed by atoms with van der Waals surface area (Å²) in [6.07, 6.45) is 10.5. The van der Waals surface area contributed by atoms with E-state index in [9.17, 15) is 0 Å². The van der Waals surface area contributed by atoms with Gasteiger partial charge in [-0.3, -0.25) is 4.98 Å². The Bertz CT molecular complexity index is 588. The fraction of sp³-hybridized carbons (Fsp3) is 0.471. The minimum atomic E-state index is 0.483. The molecule has 0 amide bonds. The number of aromatic nitrogens is 1. The second kappa shape index (κ2) is 5.70. The summed E-state index contributed by atoms with van der Waals surface area (Å²) in [4.78, 5) is 4.14. The van der Waals surface area contributed by atoms with E-state index in [0.29, 0.717) is 6.04 Å². The van der Waals surface area contributed by atoms with Crippen molar-refractivity contribution in [1.29, 1.82) is 0 Å². The largest absolute Gasteiger partial charge is 0.397 e.